The van der Waals surface area contributed by atoms with Gasteiger partial charge in [0.05, 0.1) is 41.8 Å². The second-order valence-electron chi connectivity index (χ2n) is 11.9. The minimum absolute atomic E-state index is 0.0594. The molecular weight excluding hydrogens is 623 g/mol. The van der Waals surface area contributed by atoms with Crippen LogP contribution in [0.4, 0.5) is 33.1 Å². The molecule has 1 aromatic heterocycles. The van der Waals surface area contributed by atoms with E-state index in [9.17, 15) is 9.18 Å². The maximum atomic E-state index is 14.9. The number of carbonyl (C=O) groups excluding carboxylic acids is 1. The van der Waals surface area contributed by atoms with E-state index in [1.807, 2.05) is 12.1 Å². The van der Waals surface area contributed by atoms with E-state index in [4.69, 9.17) is 21.2 Å². The predicted molar refractivity (Wildman–Crippen MR) is 183 cm³/mol. The van der Waals surface area contributed by atoms with E-state index >= 15 is 0 Å². The van der Waals surface area contributed by atoms with E-state index in [1.54, 1.807) is 30.4 Å². The van der Waals surface area contributed by atoms with Crippen LogP contribution in [-0.2, 0) is 9.63 Å². The number of nitrogens with one attached hydrogen (secondary N) is 2. The van der Waals surface area contributed by atoms with Gasteiger partial charge in [-0.1, -0.05) is 37.2 Å². The minimum atomic E-state index is -0.472. The molecule has 250 valence electrons. The second-order valence-corrected chi connectivity index (χ2v) is 12.4. The van der Waals surface area contributed by atoms with Crippen LogP contribution in [0.5, 0.6) is 5.75 Å². The molecule has 2 N–H and O–H groups in total. The molecule has 47 heavy (non-hydrogen) atoms. The van der Waals surface area contributed by atoms with Gasteiger partial charge in [0.15, 0.2) is 5.82 Å². The number of rotatable bonds is 10. The molecule has 0 saturated carbocycles. The van der Waals surface area contributed by atoms with Crippen LogP contribution in [0.3, 0.4) is 0 Å². The third-order valence-electron chi connectivity index (χ3n) is 9.32. The average Bonchev–Trinajstić information content (AvgIpc) is 3.60. The normalized spacial score (nSPS) is 19.5. The molecule has 0 bridgehead atoms. The number of carbonyl (C=O) groups is 1. The number of piperazine rings is 1. The zero-order valence-electron chi connectivity index (χ0n) is 26.9. The Morgan fingerprint density at radius 1 is 1.11 bits per heavy atom. The maximum absolute atomic E-state index is 14.9. The van der Waals surface area contributed by atoms with E-state index in [2.05, 4.69) is 48.8 Å². The van der Waals surface area contributed by atoms with Crippen molar-refractivity contribution in [3.8, 4) is 5.75 Å². The Morgan fingerprint density at radius 2 is 1.89 bits per heavy atom. The first-order valence-electron chi connectivity index (χ1n) is 16.2. The van der Waals surface area contributed by atoms with Crippen molar-refractivity contribution >= 4 is 46.2 Å². The Kier molecular flexibility index (Phi) is 10.4. The number of anilines is 5. The van der Waals surface area contributed by atoms with Crippen molar-refractivity contribution < 1.29 is 18.8 Å². The third kappa shape index (κ3) is 7.30. The van der Waals surface area contributed by atoms with Crippen molar-refractivity contribution in [2.24, 2.45) is 0 Å². The summed E-state index contributed by atoms with van der Waals surface area (Å²) in [5.74, 6) is 0.734. The van der Waals surface area contributed by atoms with Crippen LogP contribution in [0.1, 0.15) is 37.8 Å². The first kappa shape index (κ1) is 33.0. The Hall–Kier alpha value is -3.97. The van der Waals surface area contributed by atoms with E-state index in [0.717, 1.165) is 64.3 Å². The summed E-state index contributed by atoms with van der Waals surface area (Å²) in [6.45, 7) is 13.6. The zero-order valence-corrected chi connectivity index (χ0v) is 27.7. The highest BCUT2D eigenvalue weighted by Crippen LogP contribution is 2.41. The Balaban J connectivity index is 1.22. The molecule has 0 unspecified atom stereocenters. The minimum Gasteiger partial charge on any atom is -0.494 e. The lowest BCUT2D eigenvalue weighted by Crippen LogP contribution is -2.53. The number of likely N-dealkylation sites (N-methyl/N-ethyl adjacent to an activating group) is 1. The van der Waals surface area contributed by atoms with Gasteiger partial charge in [-0.2, -0.15) is 0 Å². The first-order valence-corrected chi connectivity index (χ1v) is 16.6. The lowest BCUT2D eigenvalue weighted by molar-refractivity contribution is -0.111. The van der Waals surface area contributed by atoms with Gasteiger partial charge in [0.1, 0.15) is 23.7 Å². The summed E-state index contributed by atoms with van der Waals surface area (Å²) in [4.78, 5) is 34.7. The lowest BCUT2D eigenvalue weighted by atomic mass is 10.0. The number of hydrogen-bond acceptors (Lipinski definition) is 10. The van der Waals surface area contributed by atoms with Crippen LogP contribution in [-0.4, -0.2) is 91.2 Å². The zero-order chi connectivity index (χ0) is 32.9. The van der Waals surface area contributed by atoms with Gasteiger partial charge in [-0.15, -0.1) is 0 Å². The second kappa shape index (κ2) is 14.8. The molecule has 2 aromatic carbocycles. The molecule has 1 atom stereocenters. The fourth-order valence-corrected chi connectivity index (χ4v) is 6.91. The topological polar surface area (TPSA) is 98.3 Å². The summed E-state index contributed by atoms with van der Waals surface area (Å²) in [5, 5.41) is 7.96. The molecule has 1 amide bonds. The van der Waals surface area contributed by atoms with Gasteiger partial charge < -0.3 is 25.2 Å². The van der Waals surface area contributed by atoms with Gasteiger partial charge in [-0.25, -0.2) is 19.4 Å². The standard InChI is InChI=1S/C34H42ClFN8O3/c1-4-33(45)40-26-19-27(30(46-3)20-29(26)43-12-9-23(10-13-43)42-16-14-41(5-2)15-17-42)39-31-21-32(38-22-37-31)44-28(11-18-47-44)24-7-6-8-25(35)34(24)36/h4,6-8,19-23,28H,1,5,9-18H2,2-3H3,(H,40,45)(H,37,38,39)/t28-/m1/s1. The molecule has 6 rings (SSSR count). The molecule has 0 radical (unpaired) electrons. The molecule has 3 aliphatic heterocycles. The number of aromatic nitrogens is 2. The Bertz CT molecular complexity index is 1580. The summed E-state index contributed by atoms with van der Waals surface area (Å²) >= 11 is 6.07. The van der Waals surface area contributed by atoms with Crippen molar-refractivity contribution in [3.05, 3.63) is 71.8 Å². The van der Waals surface area contributed by atoms with Gasteiger partial charge in [-0.3, -0.25) is 14.5 Å². The summed E-state index contributed by atoms with van der Waals surface area (Å²) in [5.41, 5.74) is 2.56. The fourth-order valence-electron chi connectivity index (χ4n) is 6.73. The van der Waals surface area contributed by atoms with E-state index in [0.29, 0.717) is 53.4 Å². The summed E-state index contributed by atoms with van der Waals surface area (Å²) in [6.07, 6.45) is 5.34. The molecule has 0 aliphatic carbocycles. The van der Waals surface area contributed by atoms with Crippen LogP contribution in [0.2, 0.25) is 5.02 Å². The molecule has 3 fully saturated rings. The lowest BCUT2D eigenvalue weighted by Gasteiger charge is -2.43. The number of halogens is 2. The molecule has 3 saturated heterocycles. The molecule has 11 nitrogen and oxygen atoms in total. The summed E-state index contributed by atoms with van der Waals surface area (Å²) < 4.78 is 20.8. The monoisotopic (exact) mass is 664 g/mol. The molecule has 3 aliphatic rings. The van der Waals surface area contributed by atoms with Crippen molar-refractivity contribution in [2.45, 2.75) is 38.3 Å². The quantitative estimate of drug-likeness (QED) is 0.265. The smallest absolute Gasteiger partial charge is 0.247 e. The number of ether oxygens (including phenoxy) is 1. The highest BCUT2D eigenvalue weighted by atomic mass is 35.5. The number of hydroxylamine groups is 1. The van der Waals surface area contributed by atoms with Gasteiger partial charge in [0, 0.05) is 69.4 Å². The number of amides is 1. The maximum Gasteiger partial charge on any atom is 0.247 e. The summed E-state index contributed by atoms with van der Waals surface area (Å²) in [7, 11) is 1.61. The van der Waals surface area contributed by atoms with Gasteiger partial charge in [0.25, 0.3) is 0 Å². The predicted octanol–water partition coefficient (Wildman–Crippen LogP) is 5.64. The van der Waals surface area contributed by atoms with Gasteiger partial charge in [0.2, 0.25) is 5.91 Å². The average molecular weight is 665 g/mol. The van der Waals surface area contributed by atoms with Gasteiger partial charge >= 0.3 is 0 Å². The largest absolute Gasteiger partial charge is 0.494 e. The molecular formula is C34H42ClFN8O3. The highest BCUT2D eigenvalue weighted by Gasteiger charge is 2.32. The van der Waals surface area contributed by atoms with E-state index in [1.165, 1.54) is 18.5 Å². The van der Waals surface area contributed by atoms with Crippen molar-refractivity contribution in [2.75, 3.05) is 80.1 Å². The highest BCUT2D eigenvalue weighted by molar-refractivity contribution is 6.30. The number of benzene rings is 2. The molecule has 3 aromatic rings. The number of hydrogen-bond donors (Lipinski definition) is 2. The van der Waals surface area contributed by atoms with E-state index < -0.39 is 11.9 Å². The molecule has 4 heterocycles. The number of methoxy groups -OCH3 is 1. The van der Waals surface area contributed by atoms with Crippen LogP contribution in [0, 0.1) is 5.82 Å². The number of nitrogens with zero attached hydrogens (tertiary/aromatic N) is 6. The first-order chi connectivity index (χ1) is 22.9. The van der Waals surface area contributed by atoms with Crippen molar-refractivity contribution in [1.29, 1.82) is 0 Å². The third-order valence-corrected chi connectivity index (χ3v) is 9.62. The van der Waals surface area contributed by atoms with Crippen molar-refractivity contribution in [1.82, 2.24) is 19.8 Å². The summed E-state index contributed by atoms with van der Waals surface area (Å²) in [6, 6.07) is 10.6. The van der Waals surface area contributed by atoms with Crippen LogP contribution >= 0.6 is 11.6 Å². The fraction of sp³-hybridized carbons (Fsp3) is 0.441. The molecule has 0 spiro atoms. The van der Waals surface area contributed by atoms with Gasteiger partial charge in [-0.05, 0) is 37.6 Å². The van der Waals surface area contributed by atoms with Crippen LogP contribution in [0.15, 0.2) is 55.4 Å². The Morgan fingerprint density at radius 3 is 2.62 bits per heavy atom. The van der Waals surface area contributed by atoms with Crippen molar-refractivity contribution in [3.63, 3.8) is 0 Å². The van der Waals surface area contributed by atoms with E-state index in [-0.39, 0.29) is 10.9 Å². The Labute approximate surface area is 280 Å². The van der Waals surface area contributed by atoms with Crippen LogP contribution in [0.25, 0.3) is 0 Å². The molecule has 13 heteroatoms. The SMILES string of the molecule is C=CC(=O)Nc1cc(Nc2cc(N3OCC[C@@H]3c3cccc(Cl)c3F)ncn2)c(OC)cc1N1CCC(N2CCN(CC)CC2)CC1. The van der Waals surface area contributed by atoms with Crippen LogP contribution < -0.4 is 25.3 Å². The number of piperidine rings is 1.